The molecule has 1 aromatic carbocycles. The topological polar surface area (TPSA) is 54.0 Å². The Morgan fingerprint density at radius 2 is 2.00 bits per heavy atom. The largest absolute Gasteiger partial charge is 0.338 e. The fourth-order valence-corrected chi connectivity index (χ4v) is 2.82. The number of anilines is 1. The first-order valence-corrected chi connectivity index (χ1v) is 7.56. The molecule has 0 aliphatic carbocycles. The molecule has 0 atom stereocenters. The van der Waals surface area contributed by atoms with Crippen molar-refractivity contribution >= 4 is 27.6 Å². The summed E-state index contributed by atoms with van der Waals surface area (Å²) in [4.78, 5) is 16.0. The van der Waals surface area contributed by atoms with Crippen molar-refractivity contribution in [2.24, 2.45) is 0 Å². The van der Waals surface area contributed by atoms with E-state index in [2.05, 4.69) is 31.5 Å². The molecule has 2 amide bonds. The van der Waals surface area contributed by atoms with Gasteiger partial charge in [-0.2, -0.15) is 0 Å². The Morgan fingerprint density at radius 1 is 1.29 bits per heavy atom. The molecule has 0 saturated carbocycles. The summed E-state index contributed by atoms with van der Waals surface area (Å²) in [5, 5.41) is 5.76. The van der Waals surface area contributed by atoms with Crippen LogP contribution in [0.4, 0.5) is 10.5 Å². The van der Waals surface area contributed by atoms with Crippen molar-refractivity contribution in [3.8, 4) is 0 Å². The third kappa shape index (κ3) is 4.56. The molecule has 110 valence electrons. The summed E-state index contributed by atoms with van der Waals surface area (Å²) < 4.78 is 1.01. The first kappa shape index (κ1) is 15.5. The van der Waals surface area contributed by atoms with Crippen molar-refractivity contribution < 1.29 is 4.79 Å². The second kappa shape index (κ2) is 7.22. The first-order valence-electron chi connectivity index (χ1n) is 6.77. The molecule has 2 aromatic rings. The Morgan fingerprint density at radius 3 is 2.62 bits per heavy atom. The molecule has 1 aromatic heterocycles. The quantitative estimate of drug-likeness (QED) is 0.882. The number of carbonyl (C=O) groups excluding carboxylic acids is 1. The molecule has 4 nitrogen and oxygen atoms in total. The Bertz CT molecular complexity index is 606. The van der Waals surface area contributed by atoms with E-state index in [9.17, 15) is 4.79 Å². The zero-order valence-corrected chi connectivity index (χ0v) is 13.7. The van der Waals surface area contributed by atoms with Crippen LogP contribution >= 0.6 is 15.9 Å². The maximum Gasteiger partial charge on any atom is 0.319 e. The second-order valence-corrected chi connectivity index (χ2v) is 5.82. The Balaban J connectivity index is 1.88. The fourth-order valence-electron chi connectivity index (χ4n) is 2.13. The minimum atomic E-state index is -0.188. The van der Waals surface area contributed by atoms with E-state index < -0.39 is 0 Å². The lowest BCUT2D eigenvalue weighted by atomic mass is 10.1. The summed E-state index contributed by atoms with van der Waals surface area (Å²) in [5.41, 5.74) is 4.03. The molecule has 0 aliphatic rings. The lowest BCUT2D eigenvalue weighted by Gasteiger charge is -2.13. The van der Waals surface area contributed by atoms with Gasteiger partial charge in [0.25, 0.3) is 0 Å². The van der Waals surface area contributed by atoms with Gasteiger partial charge in [-0.3, -0.25) is 4.98 Å². The van der Waals surface area contributed by atoms with Gasteiger partial charge in [-0.05, 0) is 55.2 Å². The molecule has 2 rings (SSSR count). The molecular formula is C16H18BrN3O. The molecule has 0 spiro atoms. The molecule has 0 unspecified atom stereocenters. The highest BCUT2D eigenvalue weighted by molar-refractivity contribution is 9.10. The Labute approximate surface area is 133 Å². The Kier molecular flexibility index (Phi) is 5.33. The van der Waals surface area contributed by atoms with Gasteiger partial charge in [-0.25, -0.2) is 4.79 Å². The smallest absolute Gasteiger partial charge is 0.319 e. The van der Waals surface area contributed by atoms with E-state index in [0.29, 0.717) is 6.54 Å². The molecule has 2 N–H and O–H groups in total. The van der Waals surface area contributed by atoms with Crippen LogP contribution in [-0.4, -0.2) is 17.6 Å². The lowest BCUT2D eigenvalue weighted by molar-refractivity contribution is 0.252. The highest BCUT2D eigenvalue weighted by atomic mass is 79.9. The number of nitrogens with zero attached hydrogens (tertiary/aromatic N) is 1. The van der Waals surface area contributed by atoms with E-state index in [1.54, 1.807) is 6.20 Å². The van der Waals surface area contributed by atoms with Crippen molar-refractivity contribution in [2.75, 3.05) is 11.9 Å². The number of rotatable bonds is 4. The van der Waals surface area contributed by atoms with Gasteiger partial charge in [0.15, 0.2) is 0 Å². The van der Waals surface area contributed by atoms with E-state index in [0.717, 1.165) is 33.3 Å². The number of hydrogen-bond acceptors (Lipinski definition) is 2. The van der Waals surface area contributed by atoms with Crippen LogP contribution in [0.5, 0.6) is 0 Å². The Hall–Kier alpha value is -1.88. The predicted octanol–water partition coefficient (Wildman–Crippen LogP) is 3.83. The number of hydrogen-bond donors (Lipinski definition) is 2. The second-order valence-electron chi connectivity index (χ2n) is 4.91. The van der Waals surface area contributed by atoms with Gasteiger partial charge in [-0.15, -0.1) is 0 Å². The van der Waals surface area contributed by atoms with Crippen LogP contribution in [0.3, 0.4) is 0 Å². The van der Waals surface area contributed by atoms with Crippen LogP contribution in [0.15, 0.2) is 41.1 Å². The molecule has 1 heterocycles. The van der Waals surface area contributed by atoms with E-state index in [1.807, 2.05) is 44.3 Å². The molecule has 0 bridgehead atoms. The highest BCUT2D eigenvalue weighted by Crippen LogP contribution is 2.24. The molecule has 0 aliphatic heterocycles. The van der Waals surface area contributed by atoms with Crippen LogP contribution in [0.1, 0.15) is 16.7 Å². The van der Waals surface area contributed by atoms with Gasteiger partial charge in [0.1, 0.15) is 0 Å². The first-order chi connectivity index (χ1) is 10.1. The SMILES string of the molecule is Cc1cc(Br)cc(C)c1NC(=O)NCCc1cccnc1. The van der Waals surface area contributed by atoms with Crippen LogP contribution < -0.4 is 10.6 Å². The highest BCUT2D eigenvalue weighted by Gasteiger charge is 2.08. The number of aryl methyl sites for hydroxylation is 2. The minimum Gasteiger partial charge on any atom is -0.338 e. The van der Waals surface area contributed by atoms with Crippen LogP contribution in [0.25, 0.3) is 0 Å². The number of urea groups is 1. The van der Waals surface area contributed by atoms with Gasteiger partial charge >= 0.3 is 6.03 Å². The average Bonchev–Trinajstić information content (AvgIpc) is 2.44. The van der Waals surface area contributed by atoms with Crippen LogP contribution in [0.2, 0.25) is 0 Å². The number of aromatic nitrogens is 1. The standard InChI is InChI=1S/C16H18BrN3O/c1-11-8-14(17)9-12(2)15(11)20-16(21)19-7-5-13-4-3-6-18-10-13/h3-4,6,8-10H,5,7H2,1-2H3,(H2,19,20,21). The molecule has 0 saturated heterocycles. The number of carbonyl (C=O) groups is 1. The fraction of sp³-hybridized carbons (Fsp3) is 0.250. The summed E-state index contributed by atoms with van der Waals surface area (Å²) in [6.07, 6.45) is 4.31. The lowest BCUT2D eigenvalue weighted by Crippen LogP contribution is -2.31. The number of halogens is 1. The van der Waals surface area contributed by atoms with Gasteiger partial charge in [0.2, 0.25) is 0 Å². The van der Waals surface area contributed by atoms with Crippen LogP contribution in [-0.2, 0) is 6.42 Å². The maximum absolute atomic E-state index is 11.9. The van der Waals surface area contributed by atoms with Crippen molar-refractivity contribution in [2.45, 2.75) is 20.3 Å². The number of nitrogens with one attached hydrogen (secondary N) is 2. The summed E-state index contributed by atoms with van der Waals surface area (Å²) in [6.45, 7) is 4.53. The summed E-state index contributed by atoms with van der Waals surface area (Å²) in [5.74, 6) is 0. The van der Waals surface area contributed by atoms with Crippen LogP contribution in [0, 0.1) is 13.8 Å². The molecular weight excluding hydrogens is 330 g/mol. The summed E-state index contributed by atoms with van der Waals surface area (Å²) in [6, 6.07) is 7.67. The molecule has 5 heteroatoms. The third-order valence-electron chi connectivity index (χ3n) is 3.16. The normalized spacial score (nSPS) is 10.2. The van der Waals surface area contributed by atoms with E-state index in [1.165, 1.54) is 0 Å². The predicted molar refractivity (Wildman–Crippen MR) is 88.6 cm³/mol. The van der Waals surface area contributed by atoms with Crippen molar-refractivity contribution in [1.29, 1.82) is 0 Å². The molecule has 21 heavy (non-hydrogen) atoms. The van der Waals surface area contributed by atoms with Gasteiger partial charge < -0.3 is 10.6 Å². The van der Waals surface area contributed by atoms with E-state index in [4.69, 9.17) is 0 Å². The van der Waals surface area contributed by atoms with Crippen molar-refractivity contribution in [3.05, 3.63) is 57.8 Å². The monoisotopic (exact) mass is 347 g/mol. The minimum absolute atomic E-state index is 0.188. The summed E-state index contributed by atoms with van der Waals surface area (Å²) in [7, 11) is 0. The van der Waals surface area contributed by atoms with Gasteiger partial charge in [0.05, 0.1) is 0 Å². The van der Waals surface area contributed by atoms with E-state index in [-0.39, 0.29) is 6.03 Å². The average molecular weight is 348 g/mol. The third-order valence-corrected chi connectivity index (χ3v) is 3.62. The molecule has 0 radical (unpaired) electrons. The zero-order valence-electron chi connectivity index (χ0n) is 12.1. The maximum atomic E-state index is 11.9. The zero-order chi connectivity index (χ0) is 15.2. The van der Waals surface area contributed by atoms with Gasteiger partial charge in [0, 0.05) is 29.1 Å². The van der Waals surface area contributed by atoms with Gasteiger partial charge in [-0.1, -0.05) is 22.0 Å². The molecule has 0 fully saturated rings. The summed E-state index contributed by atoms with van der Waals surface area (Å²) >= 11 is 3.45. The number of benzene rings is 1. The number of amides is 2. The number of pyridine rings is 1. The van der Waals surface area contributed by atoms with Crippen molar-refractivity contribution in [1.82, 2.24) is 10.3 Å². The van der Waals surface area contributed by atoms with Crippen molar-refractivity contribution in [3.63, 3.8) is 0 Å². The van der Waals surface area contributed by atoms with E-state index >= 15 is 0 Å².